The van der Waals surface area contributed by atoms with Crippen molar-refractivity contribution in [2.24, 2.45) is 0 Å². The van der Waals surface area contributed by atoms with Gasteiger partial charge in [-0.3, -0.25) is 0 Å². The zero-order valence-electron chi connectivity index (χ0n) is 13.2. The van der Waals surface area contributed by atoms with Crippen LogP contribution in [-0.2, 0) is 16.6 Å². The first-order valence-electron chi connectivity index (χ1n) is 7.68. The molecular formula is C15H26N2O2S2. The molecule has 0 bridgehead atoms. The number of hydrogen-bond acceptors (Lipinski definition) is 4. The molecule has 0 unspecified atom stereocenters. The van der Waals surface area contributed by atoms with E-state index in [0.29, 0.717) is 11.4 Å². The van der Waals surface area contributed by atoms with Crippen LogP contribution in [-0.4, -0.2) is 32.9 Å². The van der Waals surface area contributed by atoms with Gasteiger partial charge in [0.05, 0.1) is 4.90 Å². The number of hydrogen-bond donors (Lipinski definition) is 1. The second-order valence-corrected chi connectivity index (χ2v) is 9.14. The topological polar surface area (TPSA) is 49.4 Å². The van der Waals surface area contributed by atoms with Crippen LogP contribution < -0.4 is 5.32 Å². The quantitative estimate of drug-likeness (QED) is 0.844. The minimum atomic E-state index is -3.37. The van der Waals surface area contributed by atoms with Gasteiger partial charge in [0.25, 0.3) is 0 Å². The molecule has 1 aromatic rings. The van der Waals surface area contributed by atoms with Crippen LogP contribution in [0.2, 0.25) is 0 Å². The number of sulfonamides is 1. The molecule has 0 aliphatic heterocycles. The van der Waals surface area contributed by atoms with Gasteiger partial charge >= 0.3 is 0 Å². The first-order valence-corrected chi connectivity index (χ1v) is 9.94. The molecule has 1 aliphatic carbocycles. The Morgan fingerprint density at radius 1 is 1.29 bits per heavy atom. The van der Waals surface area contributed by atoms with Gasteiger partial charge in [0, 0.05) is 29.4 Å². The van der Waals surface area contributed by atoms with Gasteiger partial charge in [0.2, 0.25) is 10.0 Å². The van der Waals surface area contributed by atoms with E-state index in [4.69, 9.17) is 0 Å². The largest absolute Gasteiger partial charge is 0.315 e. The third kappa shape index (κ3) is 3.86. The summed E-state index contributed by atoms with van der Waals surface area (Å²) in [7, 11) is 0.259. The lowest BCUT2D eigenvalue weighted by molar-refractivity contribution is 0.335. The van der Waals surface area contributed by atoms with Crippen molar-refractivity contribution < 1.29 is 8.42 Å². The summed E-state index contributed by atoms with van der Waals surface area (Å²) in [5, 5.41) is 3.08. The molecule has 120 valence electrons. The first kappa shape index (κ1) is 16.9. The molecule has 1 fully saturated rings. The summed E-state index contributed by atoms with van der Waals surface area (Å²) >= 11 is 1.57. The van der Waals surface area contributed by atoms with Crippen LogP contribution in [0.3, 0.4) is 0 Å². The summed E-state index contributed by atoms with van der Waals surface area (Å²) in [6, 6.07) is 1.99. The van der Waals surface area contributed by atoms with Crippen LogP contribution in [0, 0.1) is 6.92 Å². The van der Waals surface area contributed by atoms with Crippen molar-refractivity contribution in [1.82, 2.24) is 9.62 Å². The molecule has 2 rings (SSSR count). The fourth-order valence-electron chi connectivity index (χ4n) is 3.01. The van der Waals surface area contributed by atoms with Crippen LogP contribution in [0.15, 0.2) is 11.0 Å². The third-order valence-electron chi connectivity index (χ3n) is 4.27. The molecule has 0 radical (unpaired) electrons. The molecule has 1 N–H and O–H groups in total. The van der Waals surface area contributed by atoms with Crippen molar-refractivity contribution in [3.63, 3.8) is 0 Å². The van der Waals surface area contributed by atoms with Crippen LogP contribution in [0.4, 0.5) is 0 Å². The lowest BCUT2D eigenvalue weighted by atomic mass is 10.1. The van der Waals surface area contributed by atoms with E-state index < -0.39 is 10.0 Å². The molecule has 4 nitrogen and oxygen atoms in total. The molecule has 21 heavy (non-hydrogen) atoms. The van der Waals surface area contributed by atoms with Gasteiger partial charge in [-0.2, -0.15) is 4.31 Å². The summed E-state index contributed by atoms with van der Waals surface area (Å²) in [5.41, 5.74) is 0. The fraction of sp³-hybridized carbons (Fsp3) is 0.733. The number of nitrogens with zero attached hydrogens (tertiary/aromatic N) is 1. The van der Waals surface area contributed by atoms with Crippen LogP contribution in [0.1, 0.15) is 48.3 Å². The van der Waals surface area contributed by atoms with E-state index in [-0.39, 0.29) is 6.04 Å². The Balaban J connectivity index is 2.23. The first-order chi connectivity index (χ1) is 9.96. The smallest absolute Gasteiger partial charge is 0.244 e. The molecule has 0 aromatic carbocycles. The predicted octanol–water partition coefficient (Wildman–Crippen LogP) is 3.12. The van der Waals surface area contributed by atoms with Crippen LogP contribution in [0.25, 0.3) is 0 Å². The lowest BCUT2D eigenvalue weighted by Crippen LogP contribution is -2.36. The number of rotatable bonds is 5. The SMILES string of the molecule is CNCc1cc(S(=O)(=O)N(C)C2CCCCCC2)c(C)s1. The van der Waals surface area contributed by atoms with Crippen molar-refractivity contribution in [1.29, 1.82) is 0 Å². The highest BCUT2D eigenvalue weighted by Gasteiger charge is 2.30. The molecule has 1 aromatic heterocycles. The van der Waals surface area contributed by atoms with Gasteiger partial charge in [-0.05, 0) is 32.9 Å². The molecule has 0 atom stereocenters. The van der Waals surface area contributed by atoms with Gasteiger partial charge in [0.1, 0.15) is 0 Å². The summed E-state index contributed by atoms with van der Waals surface area (Å²) in [6.45, 7) is 2.62. The lowest BCUT2D eigenvalue weighted by Gasteiger charge is -2.26. The number of thiophene rings is 1. The highest BCUT2D eigenvalue weighted by atomic mass is 32.2. The Bertz CT molecular complexity index is 558. The third-order valence-corrected chi connectivity index (χ3v) is 7.49. The molecular weight excluding hydrogens is 304 g/mol. The highest BCUT2D eigenvalue weighted by molar-refractivity contribution is 7.89. The molecule has 1 aliphatic rings. The molecule has 0 amide bonds. The summed E-state index contributed by atoms with van der Waals surface area (Å²) in [5.74, 6) is 0. The van der Waals surface area contributed by atoms with Gasteiger partial charge in [-0.25, -0.2) is 8.42 Å². The molecule has 6 heteroatoms. The van der Waals surface area contributed by atoms with Gasteiger partial charge in [0.15, 0.2) is 0 Å². The average Bonchev–Trinajstić information content (AvgIpc) is 2.67. The van der Waals surface area contributed by atoms with Crippen molar-refractivity contribution >= 4 is 21.4 Å². The Hall–Kier alpha value is -0.430. The zero-order valence-corrected chi connectivity index (χ0v) is 14.8. The maximum atomic E-state index is 12.9. The minimum Gasteiger partial charge on any atom is -0.315 e. The van der Waals surface area contributed by atoms with E-state index >= 15 is 0 Å². The highest BCUT2D eigenvalue weighted by Crippen LogP contribution is 2.31. The molecule has 1 saturated carbocycles. The number of aryl methyl sites for hydroxylation is 1. The second kappa shape index (κ2) is 7.22. The fourth-order valence-corrected chi connectivity index (χ4v) is 6.04. The van der Waals surface area contributed by atoms with E-state index in [1.165, 1.54) is 12.8 Å². The van der Waals surface area contributed by atoms with Crippen molar-refractivity contribution in [2.75, 3.05) is 14.1 Å². The summed E-state index contributed by atoms with van der Waals surface area (Å²) in [6.07, 6.45) is 6.71. The second-order valence-electron chi connectivity index (χ2n) is 5.83. The maximum Gasteiger partial charge on any atom is 0.244 e. The Labute approximate surface area is 132 Å². The summed E-state index contributed by atoms with van der Waals surface area (Å²) < 4.78 is 27.4. The Morgan fingerprint density at radius 2 is 1.90 bits per heavy atom. The van der Waals surface area contributed by atoms with E-state index in [9.17, 15) is 8.42 Å². The van der Waals surface area contributed by atoms with E-state index in [1.807, 2.05) is 20.0 Å². The Morgan fingerprint density at radius 3 is 2.48 bits per heavy atom. The monoisotopic (exact) mass is 330 g/mol. The van der Waals surface area contributed by atoms with Crippen molar-refractivity contribution in [3.8, 4) is 0 Å². The zero-order chi connectivity index (χ0) is 15.5. The van der Waals surface area contributed by atoms with Crippen molar-refractivity contribution in [3.05, 3.63) is 15.8 Å². The standard InChI is InChI=1S/C15H26N2O2S2/c1-12-15(10-14(20-12)11-16-2)21(18,19)17(3)13-8-6-4-5-7-9-13/h10,13,16H,4-9,11H2,1-3H3. The van der Waals surface area contributed by atoms with Crippen molar-refractivity contribution in [2.45, 2.75) is 62.9 Å². The van der Waals surface area contributed by atoms with Gasteiger partial charge in [-0.15, -0.1) is 11.3 Å². The van der Waals surface area contributed by atoms with E-state index in [0.717, 1.165) is 35.4 Å². The minimum absolute atomic E-state index is 0.157. The summed E-state index contributed by atoms with van der Waals surface area (Å²) in [4.78, 5) is 2.45. The van der Waals surface area contributed by atoms with Crippen LogP contribution in [0.5, 0.6) is 0 Å². The van der Waals surface area contributed by atoms with Gasteiger partial charge < -0.3 is 5.32 Å². The Kier molecular flexibility index (Phi) is 5.82. The molecule has 0 saturated heterocycles. The van der Waals surface area contributed by atoms with Gasteiger partial charge in [-0.1, -0.05) is 25.7 Å². The normalized spacial score (nSPS) is 18.1. The van der Waals surface area contributed by atoms with E-state index in [2.05, 4.69) is 5.32 Å². The molecule has 0 spiro atoms. The number of nitrogens with one attached hydrogen (secondary N) is 1. The van der Waals surface area contributed by atoms with E-state index in [1.54, 1.807) is 22.7 Å². The predicted molar refractivity (Wildman–Crippen MR) is 88.3 cm³/mol. The molecule has 1 heterocycles. The average molecular weight is 331 g/mol. The van der Waals surface area contributed by atoms with Crippen LogP contribution >= 0.6 is 11.3 Å². The maximum absolute atomic E-state index is 12.9.